The zero-order valence-corrected chi connectivity index (χ0v) is 10.1. The summed E-state index contributed by atoms with van der Waals surface area (Å²) >= 11 is 0. The predicted molar refractivity (Wildman–Crippen MR) is 63.8 cm³/mol. The molecule has 0 spiro atoms. The van der Waals surface area contributed by atoms with Crippen LogP contribution in [0.25, 0.3) is 0 Å². The lowest BCUT2D eigenvalue weighted by atomic mass is 10.1. The number of esters is 1. The molecule has 0 heterocycles. The van der Waals surface area contributed by atoms with E-state index >= 15 is 0 Å². The number of halogens is 1. The molecule has 1 aromatic carbocycles. The fourth-order valence-corrected chi connectivity index (χ4v) is 1.04. The molecule has 2 N–H and O–H groups in total. The molecule has 1 aromatic rings. The maximum atomic E-state index is 11.2. The van der Waals surface area contributed by atoms with Crippen LogP contribution in [0.3, 0.4) is 0 Å². The standard InChI is InChI=1S/C11H15NO3.ClH/c1-11(12,10(13)14-2)8-15-9-6-4-3-5-7-9;/h3-7H,8,12H2,1-2H3;1H. The minimum absolute atomic E-state index is 0. The monoisotopic (exact) mass is 245 g/mol. The largest absolute Gasteiger partial charge is 0.491 e. The van der Waals surface area contributed by atoms with E-state index in [0.717, 1.165) is 0 Å². The Balaban J connectivity index is 0.00000225. The van der Waals surface area contributed by atoms with Crippen LogP contribution < -0.4 is 10.5 Å². The molecular weight excluding hydrogens is 230 g/mol. The quantitative estimate of drug-likeness (QED) is 0.814. The molecular formula is C11H16ClNO3. The van der Waals surface area contributed by atoms with Crippen LogP contribution in [-0.2, 0) is 9.53 Å². The number of rotatable bonds is 4. The minimum atomic E-state index is -1.12. The van der Waals surface area contributed by atoms with Crippen molar-refractivity contribution in [3.63, 3.8) is 0 Å². The summed E-state index contributed by atoms with van der Waals surface area (Å²) in [4.78, 5) is 11.2. The van der Waals surface area contributed by atoms with E-state index in [2.05, 4.69) is 4.74 Å². The first-order valence-electron chi connectivity index (χ1n) is 4.61. The van der Waals surface area contributed by atoms with Crippen LogP contribution in [0.15, 0.2) is 30.3 Å². The molecule has 16 heavy (non-hydrogen) atoms. The lowest BCUT2D eigenvalue weighted by Gasteiger charge is -2.21. The second-order valence-corrected chi connectivity index (χ2v) is 3.51. The van der Waals surface area contributed by atoms with Crippen LogP contribution in [-0.4, -0.2) is 25.2 Å². The van der Waals surface area contributed by atoms with Gasteiger partial charge in [0.2, 0.25) is 0 Å². The molecule has 0 aliphatic rings. The Morgan fingerprint density at radius 1 is 1.38 bits per heavy atom. The van der Waals surface area contributed by atoms with Crippen LogP contribution in [0.1, 0.15) is 6.92 Å². The number of benzene rings is 1. The Morgan fingerprint density at radius 3 is 2.44 bits per heavy atom. The van der Waals surface area contributed by atoms with E-state index in [1.54, 1.807) is 19.1 Å². The third-order valence-corrected chi connectivity index (χ3v) is 1.93. The lowest BCUT2D eigenvalue weighted by Crippen LogP contribution is -2.50. The maximum Gasteiger partial charge on any atom is 0.329 e. The van der Waals surface area contributed by atoms with Gasteiger partial charge >= 0.3 is 5.97 Å². The molecule has 0 aliphatic carbocycles. The highest BCUT2D eigenvalue weighted by atomic mass is 35.5. The zero-order valence-electron chi connectivity index (χ0n) is 9.30. The molecule has 0 amide bonds. The van der Waals surface area contributed by atoms with Crippen LogP contribution in [0.4, 0.5) is 0 Å². The average Bonchev–Trinajstić information content (AvgIpc) is 2.27. The van der Waals surface area contributed by atoms with Gasteiger partial charge in [0.05, 0.1) is 7.11 Å². The lowest BCUT2D eigenvalue weighted by molar-refractivity contribution is -0.147. The molecule has 5 heteroatoms. The second kappa shape index (κ2) is 6.35. The van der Waals surface area contributed by atoms with E-state index in [4.69, 9.17) is 10.5 Å². The van der Waals surface area contributed by atoms with E-state index in [1.807, 2.05) is 18.2 Å². The molecule has 0 bridgehead atoms. The molecule has 1 atom stereocenters. The molecule has 4 nitrogen and oxygen atoms in total. The van der Waals surface area contributed by atoms with Crippen molar-refractivity contribution in [3.05, 3.63) is 30.3 Å². The van der Waals surface area contributed by atoms with Gasteiger partial charge in [-0.1, -0.05) is 18.2 Å². The van der Waals surface area contributed by atoms with Crippen molar-refractivity contribution in [3.8, 4) is 5.75 Å². The van der Waals surface area contributed by atoms with Crippen molar-refractivity contribution in [2.45, 2.75) is 12.5 Å². The van der Waals surface area contributed by atoms with Crippen molar-refractivity contribution in [1.29, 1.82) is 0 Å². The number of hydrogen-bond acceptors (Lipinski definition) is 4. The summed E-state index contributed by atoms with van der Waals surface area (Å²) in [6, 6.07) is 9.18. The van der Waals surface area contributed by atoms with Gasteiger partial charge in [0.1, 0.15) is 17.9 Å². The number of hydrogen-bond donors (Lipinski definition) is 1. The topological polar surface area (TPSA) is 61.5 Å². The number of ether oxygens (including phenoxy) is 2. The smallest absolute Gasteiger partial charge is 0.329 e. The minimum Gasteiger partial charge on any atom is -0.491 e. The van der Waals surface area contributed by atoms with E-state index in [9.17, 15) is 4.79 Å². The molecule has 0 aliphatic heterocycles. The molecule has 0 radical (unpaired) electrons. The van der Waals surface area contributed by atoms with Crippen molar-refractivity contribution >= 4 is 18.4 Å². The molecule has 90 valence electrons. The number of carbonyl (C=O) groups excluding carboxylic acids is 1. The highest BCUT2D eigenvalue weighted by molar-refractivity contribution is 5.85. The number of methoxy groups -OCH3 is 1. The first kappa shape index (κ1) is 14.7. The normalized spacial score (nSPS) is 13.2. The van der Waals surface area contributed by atoms with E-state index < -0.39 is 11.5 Å². The van der Waals surface area contributed by atoms with E-state index in [1.165, 1.54) is 7.11 Å². The van der Waals surface area contributed by atoms with Gasteiger partial charge in [0.15, 0.2) is 0 Å². The van der Waals surface area contributed by atoms with Crippen molar-refractivity contribution in [1.82, 2.24) is 0 Å². The van der Waals surface area contributed by atoms with Crippen molar-refractivity contribution in [2.24, 2.45) is 5.73 Å². The summed E-state index contributed by atoms with van der Waals surface area (Å²) in [5.41, 5.74) is 4.60. The Morgan fingerprint density at radius 2 is 1.94 bits per heavy atom. The van der Waals surface area contributed by atoms with Gasteiger partial charge < -0.3 is 15.2 Å². The Kier molecular flexibility index (Phi) is 5.85. The summed E-state index contributed by atoms with van der Waals surface area (Å²) in [5.74, 6) is 0.191. The Hall–Kier alpha value is -1.26. The number of para-hydroxylation sites is 1. The average molecular weight is 246 g/mol. The number of nitrogens with two attached hydrogens (primary N) is 1. The molecule has 1 rings (SSSR count). The molecule has 0 fully saturated rings. The highest BCUT2D eigenvalue weighted by Gasteiger charge is 2.30. The van der Waals surface area contributed by atoms with Gasteiger partial charge in [-0.3, -0.25) is 0 Å². The fourth-order valence-electron chi connectivity index (χ4n) is 1.04. The van der Waals surface area contributed by atoms with E-state index in [0.29, 0.717) is 5.75 Å². The molecule has 0 saturated carbocycles. The summed E-state index contributed by atoms with van der Waals surface area (Å²) in [5, 5.41) is 0. The molecule has 1 unspecified atom stereocenters. The highest BCUT2D eigenvalue weighted by Crippen LogP contribution is 2.11. The fraction of sp³-hybridized carbons (Fsp3) is 0.364. The van der Waals surface area contributed by atoms with Gasteiger partial charge in [-0.2, -0.15) is 0 Å². The molecule has 0 aromatic heterocycles. The SMILES string of the molecule is COC(=O)C(C)(N)COc1ccccc1.Cl. The molecule has 0 saturated heterocycles. The van der Waals surface area contributed by atoms with Gasteiger partial charge in [0.25, 0.3) is 0 Å². The summed E-state index contributed by atoms with van der Waals surface area (Å²) in [6.07, 6.45) is 0. The van der Waals surface area contributed by atoms with Gasteiger partial charge in [-0.05, 0) is 19.1 Å². The predicted octanol–water partition coefficient (Wildman–Crippen LogP) is 1.38. The zero-order chi connectivity index (χ0) is 11.3. The van der Waals surface area contributed by atoms with Gasteiger partial charge in [0, 0.05) is 0 Å². The summed E-state index contributed by atoms with van der Waals surface area (Å²) < 4.78 is 9.93. The van der Waals surface area contributed by atoms with Crippen molar-refractivity contribution < 1.29 is 14.3 Å². The summed E-state index contributed by atoms with van der Waals surface area (Å²) in [6.45, 7) is 1.66. The van der Waals surface area contributed by atoms with Crippen molar-refractivity contribution in [2.75, 3.05) is 13.7 Å². The van der Waals surface area contributed by atoms with Gasteiger partial charge in [-0.25, -0.2) is 4.79 Å². The Labute approximate surface area is 101 Å². The van der Waals surface area contributed by atoms with Crippen LogP contribution in [0, 0.1) is 0 Å². The van der Waals surface area contributed by atoms with Crippen LogP contribution in [0.5, 0.6) is 5.75 Å². The van der Waals surface area contributed by atoms with Gasteiger partial charge in [-0.15, -0.1) is 12.4 Å². The third kappa shape index (κ3) is 4.08. The Bertz CT molecular complexity index is 327. The maximum absolute atomic E-state index is 11.2. The third-order valence-electron chi connectivity index (χ3n) is 1.93. The summed E-state index contributed by atoms with van der Waals surface area (Å²) in [7, 11) is 1.30. The first-order chi connectivity index (χ1) is 7.06. The van der Waals surface area contributed by atoms with E-state index in [-0.39, 0.29) is 19.0 Å². The van der Waals surface area contributed by atoms with Crippen LogP contribution in [0.2, 0.25) is 0 Å². The second-order valence-electron chi connectivity index (χ2n) is 3.51. The number of carbonyl (C=O) groups is 1. The van der Waals surface area contributed by atoms with Crippen LogP contribution >= 0.6 is 12.4 Å². The first-order valence-corrected chi connectivity index (χ1v) is 4.61.